The second-order valence-electron chi connectivity index (χ2n) is 6.14. The molecule has 29 heavy (non-hydrogen) atoms. The molecule has 0 aliphatic carbocycles. The van der Waals surface area contributed by atoms with Crippen LogP contribution in [0.3, 0.4) is 0 Å². The van der Waals surface area contributed by atoms with E-state index in [1.807, 2.05) is 30.3 Å². The average molecular weight is 421 g/mol. The van der Waals surface area contributed by atoms with Crippen molar-refractivity contribution >= 4 is 52.5 Å². The molecule has 1 N–H and O–H groups in total. The number of halogens is 1. The lowest BCUT2D eigenvalue weighted by Gasteiger charge is -2.28. The molecule has 1 aliphatic heterocycles. The van der Waals surface area contributed by atoms with Crippen LogP contribution in [0.1, 0.15) is 5.56 Å². The number of nitrogens with zero attached hydrogens (tertiary/aromatic N) is 3. The quantitative estimate of drug-likeness (QED) is 0.398. The van der Waals surface area contributed by atoms with Gasteiger partial charge in [0.05, 0.1) is 5.69 Å². The number of benzene rings is 2. The number of anilines is 1. The van der Waals surface area contributed by atoms with Crippen LogP contribution in [-0.2, 0) is 9.59 Å². The molecule has 2 amide bonds. The molecule has 1 saturated heterocycles. The van der Waals surface area contributed by atoms with Crippen molar-refractivity contribution in [1.29, 1.82) is 0 Å². The standard InChI is InChI=1S/C21H13ClN4O2S/c22-15-6-8-16(9-7-15)26-20(28)17(19(27)25-21(26)29)10-13-11-23-18(24-12-13)14-4-2-1-3-5-14/h1-12H,(H,25,27,29)/b17-10-. The number of amides is 2. The summed E-state index contributed by atoms with van der Waals surface area (Å²) in [6, 6.07) is 16.1. The van der Waals surface area contributed by atoms with E-state index in [9.17, 15) is 9.59 Å². The molecule has 6 nitrogen and oxygen atoms in total. The molecule has 4 rings (SSSR count). The fourth-order valence-electron chi connectivity index (χ4n) is 2.80. The van der Waals surface area contributed by atoms with E-state index in [1.54, 1.807) is 36.7 Å². The maximum absolute atomic E-state index is 13.0. The van der Waals surface area contributed by atoms with Crippen LogP contribution in [0.2, 0.25) is 5.02 Å². The van der Waals surface area contributed by atoms with Gasteiger partial charge >= 0.3 is 0 Å². The topological polar surface area (TPSA) is 75.2 Å². The molecular formula is C21H13ClN4O2S. The smallest absolute Gasteiger partial charge is 0.270 e. The van der Waals surface area contributed by atoms with E-state index >= 15 is 0 Å². The Morgan fingerprint density at radius 1 is 0.966 bits per heavy atom. The first-order chi connectivity index (χ1) is 14.0. The van der Waals surface area contributed by atoms with E-state index < -0.39 is 11.8 Å². The lowest BCUT2D eigenvalue weighted by Crippen LogP contribution is -2.54. The van der Waals surface area contributed by atoms with Crippen LogP contribution in [0.4, 0.5) is 5.69 Å². The van der Waals surface area contributed by atoms with Gasteiger partial charge in [0.15, 0.2) is 10.9 Å². The van der Waals surface area contributed by atoms with Crippen LogP contribution < -0.4 is 10.2 Å². The molecule has 1 fully saturated rings. The summed E-state index contributed by atoms with van der Waals surface area (Å²) in [6.07, 6.45) is 4.56. The summed E-state index contributed by atoms with van der Waals surface area (Å²) >= 11 is 11.1. The first-order valence-electron chi connectivity index (χ1n) is 8.57. The Balaban J connectivity index is 1.65. The Hall–Kier alpha value is -3.42. The Bertz CT molecular complexity index is 1130. The fourth-order valence-corrected chi connectivity index (χ4v) is 3.20. The molecule has 8 heteroatoms. The SMILES string of the molecule is O=C1NC(=S)N(c2ccc(Cl)cc2)C(=O)/C1=C\c1cnc(-c2ccccc2)nc1. The number of aromatic nitrogens is 2. The van der Waals surface area contributed by atoms with Crippen molar-refractivity contribution in [3.63, 3.8) is 0 Å². The molecule has 0 saturated carbocycles. The predicted molar refractivity (Wildman–Crippen MR) is 115 cm³/mol. The van der Waals surface area contributed by atoms with E-state index in [0.29, 0.717) is 22.1 Å². The number of carbonyl (C=O) groups excluding carboxylic acids is 2. The number of carbonyl (C=O) groups is 2. The summed E-state index contributed by atoms with van der Waals surface area (Å²) in [5.74, 6) is -0.554. The van der Waals surface area contributed by atoms with Gasteiger partial charge in [-0.05, 0) is 42.6 Å². The third-order valence-corrected chi connectivity index (χ3v) is 4.74. The van der Waals surface area contributed by atoms with Gasteiger partial charge in [-0.3, -0.25) is 19.8 Å². The van der Waals surface area contributed by atoms with Crippen LogP contribution in [0.5, 0.6) is 0 Å². The summed E-state index contributed by atoms with van der Waals surface area (Å²) in [5, 5.41) is 3.07. The van der Waals surface area contributed by atoms with Crippen molar-refractivity contribution in [3.8, 4) is 11.4 Å². The molecule has 1 aliphatic rings. The zero-order valence-electron chi connectivity index (χ0n) is 14.9. The molecule has 0 radical (unpaired) electrons. The van der Waals surface area contributed by atoms with Gasteiger partial charge in [0.1, 0.15) is 5.57 Å². The van der Waals surface area contributed by atoms with Crippen LogP contribution in [0, 0.1) is 0 Å². The molecule has 1 aromatic heterocycles. The van der Waals surface area contributed by atoms with E-state index in [4.69, 9.17) is 23.8 Å². The summed E-state index contributed by atoms with van der Waals surface area (Å²) < 4.78 is 0. The minimum absolute atomic E-state index is 0.00940. The summed E-state index contributed by atoms with van der Waals surface area (Å²) in [4.78, 5) is 35.2. The van der Waals surface area contributed by atoms with E-state index in [0.717, 1.165) is 5.56 Å². The van der Waals surface area contributed by atoms with Gasteiger partial charge in [0, 0.05) is 28.5 Å². The van der Waals surface area contributed by atoms with Crippen molar-refractivity contribution in [2.45, 2.75) is 0 Å². The summed E-state index contributed by atoms with van der Waals surface area (Å²) in [6.45, 7) is 0. The highest BCUT2D eigenvalue weighted by molar-refractivity contribution is 7.80. The lowest BCUT2D eigenvalue weighted by molar-refractivity contribution is -0.122. The lowest BCUT2D eigenvalue weighted by atomic mass is 10.1. The van der Waals surface area contributed by atoms with E-state index in [2.05, 4.69) is 15.3 Å². The molecular weight excluding hydrogens is 408 g/mol. The average Bonchev–Trinajstić information content (AvgIpc) is 2.73. The first kappa shape index (κ1) is 18.9. The van der Waals surface area contributed by atoms with Crippen LogP contribution in [0.25, 0.3) is 17.5 Å². The zero-order chi connectivity index (χ0) is 20.4. The fraction of sp³-hybridized carbons (Fsp3) is 0. The molecule has 0 atom stereocenters. The summed E-state index contributed by atoms with van der Waals surface area (Å²) in [7, 11) is 0. The van der Waals surface area contributed by atoms with E-state index in [-0.39, 0.29) is 10.7 Å². The highest BCUT2D eigenvalue weighted by Crippen LogP contribution is 2.23. The van der Waals surface area contributed by atoms with Crippen molar-refractivity contribution in [1.82, 2.24) is 15.3 Å². The third-order valence-electron chi connectivity index (χ3n) is 4.20. The Kier molecular flexibility index (Phi) is 5.16. The van der Waals surface area contributed by atoms with Gasteiger partial charge in [0.25, 0.3) is 11.8 Å². The zero-order valence-corrected chi connectivity index (χ0v) is 16.4. The maximum atomic E-state index is 13.0. The Morgan fingerprint density at radius 3 is 2.28 bits per heavy atom. The monoisotopic (exact) mass is 420 g/mol. The highest BCUT2D eigenvalue weighted by Gasteiger charge is 2.34. The molecule has 0 spiro atoms. The molecule has 2 heterocycles. The first-order valence-corrected chi connectivity index (χ1v) is 9.36. The Labute approximate surface area is 176 Å². The molecule has 3 aromatic rings. The maximum Gasteiger partial charge on any atom is 0.270 e. The minimum atomic E-state index is -0.572. The Morgan fingerprint density at radius 2 is 1.62 bits per heavy atom. The third kappa shape index (κ3) is 3.91. The van der Waals surface area contributed by atoms with Crippen molar-refractivity contribution in [3.05, 3.63) is 83.2 Å². The molecule has 2 aromatic carbocycles. The number of nitrogens with one attached hydrogen (secondary N) is 1. The van der Waals surface area contributed by atoms with Gasteiger partial charge in [0.2, 0.25) is 0 Å². The van der Waals surface area contributed by atoms with Crippen molar-refractivity contribution in [2.24, 2.45) is 0 Å². The van der Waals surface area contributed by atoms with E-state index in [1.165, 1.54) is 11.0 Å². The number of hydrogen-bond acceptors (Lipinski definition) is 5. The van der Waals surface area contributed by atoms with Crippen LogP contribution >= 0.6 is 23.8 Å². The second kappa shape index (κ2) is 7.90. The molecule has 142 valence electrons. The second-order valence-corrected chi connectivity index (χ2v) is 6.96. The van der Waals surface area contributed by atoms with Crippen LogP contribution in [-0.4, -0.2) is 26.9 Å². The largest absolute Gasteiger partial charge is 0.298 e. The predicted octanol–water partition coefficient (Wildman–Crippen LogP) is 3.63. The number of hydrogen-bond donors (Lipinski definition) is 1. The molecule has 0 unspecified atom stereocenters. The van der Waals surface area contributed by atoms with Gasteiger partial charge in [-0.25, -0.2) is 9.97 Å². The normalized spacial score (nSPS) is 15.6. The summed E-state index contributed by atoms with van der Waals surface area (Å²) in [5.41, 5.74) is 1.83. The number of thiocarbonyl (C=S) groups is 1. The van der Waals surface area contributed by atoms with Gasteiger partial charge in [-0.1, -0.05) is 41.9 Å². The van der Waals surface area contributed by atoms with Gasteiger partial charge in [-0.15, -0.1) is 0 Å². The van der Waals surface area contributed by atoms with Crippen molar-refractivity contribution in [2.75, 3.05) is 4.90 Å². The highest BCUT2D eigenvalue weighted by atomic mass is 35.5. The van der Waals surface area contributed by atoms with Gasteiger partial charge in [-0.2, -0.15) is 0 Å². The minimum Gasteiger partial charge on any atom is -0.298 e. The van der Waals surface area contributed by atoms with Gasteiger partial charge < -0.3 is 0 Å². The van der Waals surface area contributed by atoms with Crippen LogP contribution in [0.15, 0.2) is 72.6 Å². The molecule has 0 bridgehead atoms. The van der Waals surface area contributed by atoms with Crippen molar-refractivity contribution < 1.29 is 9.59 Å². The number of rotatable bonds is 3.